The molecule has 0 radical (unpaired) electrons. The monoisotopic (exact) mass is 884 g/mol. The van der Waals surface area contributed by atoms with Crippen molar-refractivity contribution in [3.63, 3.8) is 0 Å². The van der Waals surface area contributed by atoms with Crippen molar-refractivity contribution in [3.05, 3.63) is 81.7 Å². The Kier molecular flexibility index (Phi) is 15.5. The number of ether oxygens (including phenoxy) is 1. The number of aryl methyl sites for hydroxylation is 1. The van der Waals surface area contributed by atoms with Crippen LogP contribution in [-0.4, -0.2) is 111 Å². The molecule has 6 rings (SSSR count). The van der Waals surface area contributed by atoms with Crippen LogP contribution < -0.4 is 26.3 Å². The third kappa shape index (κ3) is 11.7. The number of amides is 6. The van der Waals surface area contributed by atoms with Gasteiger partial charge in [-0.25, -0.2) is 13.9 Å². The number of anilines is 2. The van der Waals surface area contributed by atoms with E-state index in [1.165, 1.54) is 26.7 Å². The zero-order valence-electron chi connectivity index (χ0n) is 36.1. The standard InChI is InChI=1S/C44H53FN10O9/c1-4-51-23-30(26-56)43(62)32-20-33(45)36(21-35(32)51)52-16-18-53(19-17-52)44(63)64-27-29-9-11-31(12-10-29)47-39(59)25-54-24-34(49-50-54)42(28(2)3)48-38(58)22-46-37(57)8-6-5-7-15-55-40(60)13-14-41(55)61/h9-12,20-21,23-24,26,28,42H,4-8,13-19,22,25,27H2,1-3H3,(H,46,57)(H,47,59)(H,48,58). The fraction of sp³-hybridized carbons (Fsp3) is 0.455. The molecule has 2 aliphatic heterocycles. The largest absolute Gasteiger partial charge is 0.445 e. The summed E-state index contributed by atoms with van der Waals surface area (Å²) in [4.78, 5) is 103. The van der Waals surface area contributed by atoms with Crippen molar-refractivity contribution in [2.24, 2.45) is 5.92 Å². The van der Waals surface area contributed by atoms with Crippen LogP contribution in [0, 0.1) is 11.7 Å². The highest BCUT2D eigenvalue weighted by molar-refractivity contribution is 6.01. The number of rotatable bonds is 19. The minimum absolute atomic E-state index is 0.0136. The van der Waals surface area contributed by atoms with Crippen molar-refractivity contribution in [3.8, 4) is 0 Å². The van der Waals surface area contributed by atoms with Crippen LogP contribution in [0.25, 0.3) is 10.9 Å². The Hall–Kier alpha value is -6.99. The van der Waals surface area contributed by atoms with Crippen LogP contribution in [-0.2, 0) is 48.4 Å². The van der Waals surface area contributed by atoms with Crippen molar-refractivity contribution in [2.75, 3.05) is 49.5 Å². The molecule has 2 aromatic heterocycles. The first-order valence-electron chi connectivity index (χ1n) is 21.4. The zero-order chi connectivity index (χ0) is 45.9. The molecule has 0 spiro atoms. The van der Waals surface area contributed by atoms with Gasteiger partial charge in [-0.2, -0.15) is 0 Å². The number of carbonyl (C=O) groups is 7. The smallest absolute Gasteiger partial charge is 0.410 e. The Morgan fingerprint density at radius 2 is 1.62 bits per heavy atom. The number of pyridine rings is 1. The summed E-state index contributed by atoms with van der Waals surface area (Å²) in [7, 11) is 0. The quantitative estimate of drug-likeness (QED) is 0.0701. The van der Waals surface area contributed by atoms with E-state index < -0.39 is 29.3 Å². The van der Waals surface area contributed by atoms with Crippen molar-refractivity contribution >= 4 is 64.2 Å². The highest BCUT2D eigenvalue weighted by Gasteiger charge is 2.28. The third-order valence-corrected chi connectivity index (χ3v) is 11.2. The van der Waals surface area contributed by atoms with Gasteiger partial charge in [-0.05, 0) is 55.5 Å². The number of carbonyl (C=O) groups excluding carboxylic acids is 7. The molecular weight excluding hydrogens is 832 g/mol. The molecule has 20 heteroatoms. The van der Waals surface area contributed by atoms with E-state index in [2.05, 4.69) is 26.3 Å². The van der Waals surface area contributed by atoms with E-state index in [9.17, 15) is 38.4 Å². The van der Waals surface area contributed by atoms with E-state index in [0.717, 1.165) is 0 Å². The number of aromatic nitrogens is 4. The minimum atomic E-state index is -0.589. The number of nitrogens with one attached hydrogen (secondary N) is 3. The zero-order valence-corrected chi connectivity index (χ0v) is 36.1. The molecule has 0 aliphatic carbocycles. The average Bonchev–Trinajstić information content (AvgIpc) is 3.88. The predicted octanol–water partition coefficient (Wildman–Crippen LogP) is 3.30. The number of halogens is 1. The summed E-state index contributed by atoms with van der Waals surface area (Å²) in [6, 6.07) is 9.02. The highest BCUT2D eigenvalue weighted by atomic mass is 19.1. The highest BCUT2D eigenvalue weighted by Crippen LogP contribution is 2.27. The molecule has 6 amide bonds. The molecular formula is C44H53FN10O9. The fourth-order valence-electron chi connectivity index (χ4n) is 7.62. The van der Waals surface area contributed by atoms with Gasteiger partial charge in [-0.3, -0.25) is 38.5 Å². The molecule has 2 aliphatic rings. The summed E-state index contributed by atoms with van der Waals surface area (Å²) >= 11 is 0. The molecule has 0 bridgehead atoms. The minimum Gasteiger partial charge on any atom is -0.445 e. The predicted molar refractivity (Wildman–Crippen MR) is 231 cm³/mol. The van der Waals surface area contributed by atoms with Gasteiger partial charge in [0.05, 0.1) is 35.6 Å². The van der Waals surface area contributed by atoms with E-state index >= 15 is 4.39 Å². The lowest BCUT2D eigenvalue weighted by atomic mass is 10.0. The summed E-state index contributed by atoms with van der Waals surface area (Å²) < 4.78 is 23.9. The van der Waals surface area contributed by atoms with Crippen LogP contribution in [0.3, 0.4) is 0 Å². The number of fused-ring (bicyclic) bond motifs is 1. The van der Waals surface area contributed by atoms with Crippen molar-refractivity contribution in [2.45, 2.75) is 85.0 Å². The second-order valence-electron chi connectivity index (χ2n) is 16.1. The van der Waals surface area contributed by atoms with Crippen molar-refractivity contribution in [1.82, 2.24) is 40.0 Å². The molecule has 19 nitrogen and oxygen atoms in total. The molecule has 1 unspecified atom stereocenters. The van der Waals surface area contributed by atoms with Crippen LogP contribution >= 0.6 is 0 Å². The van der Waals surface area contributed by atoms with Crippen LogP contribution in [0.4, 0.5) is 20.6 Å². The van der Waals surface area contributed by atoms with E-state index in [0.29, 0.717) is 79.9 Å². The number of piperazine rings is 1. The Labute approximate surface area is 368 Å². The first-order chi connectivity index (χ1) is 30.7. The summed E-state index contributed by atoms with van der Waals surface area (Å²) in [5, 5.41) is 16.6. The van der Waals surface area contributed by atoms with Gasteiger partial charge < -0.3 is 35.1 Å². The summed E-state index contributed by atoms with van der Waals surface area (Å²) in [6.45, 7) is 7.31. The Bertz CT molecular complexity index is 2430. The average molecular weight is 885 g/mol. The Morgan fingerprint density at radius 3 is 2.30 bits per heavy atom. The molecule has 2 saturated heterocycles. The Morgan fingerprint density at radius 1 is 0.906 bits per heavy atom. The van der Waals surface area contributed by atoms with Gasteiger partial charge in [0.15, 0.2) is 11.7 Å². The van der Waals surface area contributed by atoms with Crippen molar-refractivity contribution in [1.29, 1.82) is 0 Å². The topological polar surface area (TPSA) is 227 Å². The summed E-state index contributed by atoms with van der Waals surface area (Å²) in [6.07, 6.45) is 5.54. The fourth-order valence-corrected chi connectivity index (χ4v) is 7.62. The number of aldehydes is 1. The maximum absolute atomic E-state index is 15.3. The van der Waals surface area contributed by atoms with Gasteiger partial charge in [0.2, 0.25) is 29.5 Å². The number of nitrogens with zero attached hydrogens (tertiary/aromatic N) is 7. The van der Waals surface area contributed by atoms with Gasteiger partial charge in [-0.15, -0.1) is 5.10 Å². The lowest BCUT2D eigenvalue weighted by Crippen LogP contribution is -2.49. The van der Waals surface area contributed by atoms with Gasteiger partial charge in [0, 0.05) is 75.8 Å². The molecule has 64 heavy (non-hydrogen) atoms. The van der Waals surface area contributed by atoms with Crippen LogP contribution in [0.2, 0.25) is 0 Å². The molecule has 3 N–H and O–H groups in total. The van der Waals surface area contributed by atoms with E-state index in [1.807, 2.05) is 20.8 Å². The number of likely N-dealkylation sites (tertiary alicyclic amines) is 1. The van der Waals surface area contributed by atoms with Gasteiger partial charge in [0.25, 0.3) is 0 Å². The maximum atomic E-state index is 15.3. The molecule has 340 valence electrons. The number of benzene rings is 2. The van der Waals surface area contributed by atoms with E-state index in [1.54, 1.807) is 46.0 Å². The normalized spacial score (nSPS) is 14.5. The number of imide groups is 1. The van der Waals surface area contributed by atoms with E-state index in [-0.39, 0.29) is 92.5 Å². The Balaban J connectivity index is 0.896. The molecule has 4 heterocycles. The lowest BCUT2D eigenvalue weighted by molar-refractivity contribution is -0.138. The second kappa shape index (κ2) is 21.4. The van der Waals surface area contributed by atoms with Crippen LogP contribution in [0.5, 0.6) is 0 Å². The lowest BCUT2D eigenvalue weighted by Gasteiger charge is -2.35. The maximum Gasteiger partial charge on any atom is 0.410 e. The van der Waals surface area contributed by atoms with Gasteiger partial charge in [-0.1, -0.05) is 37.6 Å². The van der Waals surface area contributed by atoms with Gasteiger partial charge >= 0.3 is 6.09 Å². The number of hydrogen-bond acceptors (Lipinski definition) is 12. The second-order valence-corrected chi connectivity index (χ2v) is 16.1. The first kappa shape index (κ1) is 46.5. The number of unbranched alkanes of at least 4 members (excludes halogenated alkanes) is 2. The summed E-state index contributed by atoms with van der Waals surface area (Å²) in [5.74, 6) is -2.07. The molecule has 1 atom stereocenters. The van der Waals surface area contributed by atoms with E-state index in [4.69, 9.17) is 4.74 Å². The molecule has 0 saturated carbocycles. The number of hydrogen-bond donors (Lipinski definition) is 3. The van der Waals surface area contributed by atoms with Crippen molar-refractivity contribution < 1.29 is 42.7 Å². The molecule has 2 fully saturated rings. The molecule has 4 aromatic rings. The summed E-state index contributed by atoms with van der Waals surface area (Å²) in [5.41, 5.74) is 1.89. The molecule has 2 aromatic carbocycles. The first-order valence-corrected chi connectivity index (χ1v) is 21.4. The van der Waals surface area contributed by atoms with Crippen LogP contribution in [0.15, 0.2) is 53.6 Å². The SMILES string of the molecule is CCn1cc(C=O)c(=O)c2cc(F)c(N3CCN(C(=O)OCc4ccc(NC(=O)Cn5cc(C(NC(=O)CNC(=O)CCCCCN6C(=O)CCC6=O)C(C)C)nn5)cc4)CC3)cc21. The third-order valence-electron chi connectivity index (χ3n) is 11.2. The van der Waals surface area contributed by atoms with Crippen LogP contribution in [0.1, 0.15) is 87.0 Å². The van der Waals surface area contributed by atoms with Gasteiger partial charge in [0.1, 0.15) is 24.7 Å².